The molecule has 2 aliphatic rings. The van der Waals surface area contributed by atoms with Gasteiger partial charge >= 0.3 is 12.1 Å². The molecule has 1 amide bonds. The maximum Gasteiger partial charge on any atom is 0.415 e. The number of aryl methyl sites for hydroxylation is 1. The Kier molecular flexibility index (Phi) is 3.90. The van der Waals surface area contributed by atoms with Crippen LogP contribution in [0.2, 0.25) is 0 Å². The molecule has 1 heterocycles. The number of amides is 1. The summed E-state index contributed by atoms with van der Waals surface area (Å²) in [4.78, 5) is 26.1. The van der Waals surface area contributed by atoms with E-state index in [0.717, 1.165) is 11.1 Å². The first-order valence-electron chi connectivity index (χ1n) is 8.21. The third-order valence-corrected chi connectivity index (χ3v) is 4.54. The van der Waals surface area contributed by atoms with Gasteiger partial charge in [0.2, 0.25) is 0 Å². The number of ether oxygens (including phenoxy) is 1. The van der Waals surface area contributed by atoms with E-state index in [1.165, 1.54) is 4.90 Å². The van der Waals surface area contributed by atoms with E-state index in [4.69, 9.17) is 4.74 Å². The molecule has 0 fully saturated rings. The fourth-order valence-electron chi connectivity index (χ4n) is 3.65. The van der Waals surface area contributed by atoms with Crippen molar-refractivity contribution in [2.75, 3.05) is 4.90 Å². The summed E-state index contributed by atoms with van der Waals surface area (Å²) in [6.45, 7) is 7.33. The quantitative estimate of drug-likeness (QED) is 0.794. The lowest BCUT2D eigenvalue weighted by Gasteiger charge is -2.42. The van der Waals surface area contributed by atoms with Gasteiger partial charge in [-0.1, -0.05) is 29.8 Å². The third-order valence-electron chi connectivity index (χ3n) is 4.54. The van der Waals surface area contributed by atoms with Crippen LogP contribution < -0.4 is 4.90 Å². The van der Waals surface area contributed by atoms with Crippen LogP contribution in [0.15, 0.2) is 30.4 Å². The molecule has 128 valence electrons. The number of hydrogen-bond acceptors (Lipinski definition) is 3. The Labute approximate surface area is 141 Å². The minimum absolute atomic E-state index is 0.0275. The van der Waals surface area contributed by atoms with Gasteiger partial charge in [-0.15, -0.1) is 0 Å². The molecule has 5 nitrogen and oxygen atoms in total. The Morgan fingerprint density at radius 2 is 2.00 bits per heavy atom. The fraction of sp³-hybridized carbons (Fsp3) is 0.474. The smallest absolute Gasteiger partial charge is 0.415 e. The normalized spacial score (nSPS) is 25.2. The summed E-state index contributed by atoms with van der Waals surface area (Å²) in [7, 11) is 0. The molecule has 3 atom stereocenters. The number of nitrogens with zero attached hydrogens (tertiary/aromatic N) is 1. The van der Waals surface area contributed by atoms with E-state index >= 15 is 0 Å². The first-order valence-corrected chi connectivity index (χ1v) is 8.21. The molecule has 0 saturated heterocycles. The Hall–Kier alpha value is -2.30. The standard InChI is InChI=1S/C19H23NO4/c1-11-8-9-15-14(10-11)12-6-5-7-13(12)16(17(21)22)20(15)18(23)24-19(2,3)4/h5-6,8-10,12-13,16H,7H2,1-4H3,(H,21,22)/t12-,13+,16-/m0/s1. The van der Waals surface area contributed by atoms with Gasteiger partial charge in [0.05, 0.1) is 5.69 Å². The number of carbonyl (C=O) groups excluding carboxylic acids is 1. The van der Waals surface area contributed by atoms with Crippen LogP contribution in [0.5, 0.6) is 0 Å². The molecule has 0 aromatic heterocycles. The maximum absolute atomic E-state index is 12.8. The van der Waals surface area contributed by atoms with Crippen molar-refractivity contribution >= 4 is 17.7 Å². The second kappa shape index (κ2) is 5.65. The van der Waals surface area contributed by atoms with Gasteiger partial charge in [-0.2, -0.15) is 0 Å². The number of fused-ring (bicyclic) bond motifs is 3. The topological polar surface area (TPSA) is 66.8 Å². The molecule has 1 N–H and O–H groups in total. The zero-order chi connectivity index (χ0) is 17.6. The van der Waals surface area contributed by atoms with E-state index in [1.54, 1.807) is 20.8 Å². The molecule has 0 radical (unpaired) electrons. The molecule has 0 spiro atoms. The summed E-state index contributed by atoms with van der Waals surface area (Å²) in [6.07, 6.45) is 4.11. The van der Waals surface area contributed by atoms with Crippen LogP contribution in [0.1, 0.15) is 44.2 Å². The van der Waals surface area contributed by atoms with Gasteiger partial charge in [-0.25, -0.2) is 9.59 Å². The van der Waals surface area contributed by atoms with Crippen molar-refractivity contribution in [1.82, 2.24) is 0 Å². The van der Waals surface area contributed by atoms with Crippen molar-refractivity contribution in [3.63, 3.8) is 0 Å². The van der Waals surface area contributed by atoms with Crippen LogP contribution in [-0.2, 0) is 9.53 Å². The second-order valence-corrected chi connectivity index (χ2v) is 7.55. The molecule has 24 heavy (non-hydrogen) atoms. The molecule has 1 aliphatic heterocycles. The number of carboxylic acids is 1. The first kappa shape index (κ1) is 16.6. The second-order valence-electron chi connectivity index (χ2n) is 7.55. The van der Waals surface area contributed by atoms with Crippen LogP contribution in [-0.4, -0.2) is 28.8 Å². The average molecular weight is 329 g/mol. The Balaban J connectivity index is 2.12. The zero-order valence-corrected chi connectivity index (χ0v) is 14.4. The number of carbonyl (C=O) groups is 2. The van der Waals surface area contributed by atoms with Crippen LogP contribution in [0.4, 0.5) is 10.5 Å². The fourth-order valence-corrected chi connectivity index (χ4v) is 3.65. The predicted molar refractivity (Wildman–Crippen MR) is 91.3 cm³/mol. The molecule has 0 bridgehead atoms. The van der Waals surface area contributed by atoms with Gasteiger partial charge in [0, 0.05) is 11.8 Å². The maximum atomic E-state index is 12.8. The van der Waals surface area contributed by atoms with Crippen LogP contribution in [0.3, 0.4) is 0 Å². The van der Waals surface area contributed by atoms with Crippen molar-refractivity contribution in [3.05, 3.63) is 41.5 Å². The zero-order valence-electron chi connectivity index (χ0n) is 14.4. The van der Waals surface area contributed by atoms with Crippen molar-refractivity contribution in [2.24, 2.45) is 5.92 Å². The molecule has 0 unspecified atom stereocenters. The first-order chi connectivity index (χ1) is 11.2. The Morgan fingerprint density at radius 3 is 2.62 bits per heavy atom. The highest BCUT2D eigenvalue weighted by molar-refractivity contribution is 5.97. The summed E-state index contributed by atoms with van der Waals surface area (Å²) in [5.74, 6) is -1.13. The van der Waals surface area contributed by atoms with Crippen molar-refractivity contribution < 1.29 is 19.4 Å². The van der Waals surface area contributed by atoms with Gasteiger partial charge in [0.15, 0.2) is 0 Å². The molecule has 0 saturated carbocycles. The van der Waals surface area contributed by atoms with Crippen molar-refractivity contribution in [3.8, 4) is 0 Å². The number of anilines is 1. The molecule has 1 aromatic carbocycles. The number of carboxylic acid groups (broad SMARTS) is 1. The minimum atomic E-state index is -0.995. The number of hydrogen-bond donors (Lipinski definition) is 1. The lowest BCUT2D eigenvalue weighted by molar-refractivity contribution is -0.140. The van der Waals surface area contributed by atoms with Crippen molar-refractivity contribution in [1.29, 1.82) is 0 Å². The van der Waals surface area contributed by atoms with Crippen LogP contribution in [0.25, 0.3) is 0 Å². The summed E-state index contributed by atoms with van der Waals surface area (Å²) >= 11 is 0. The van der Waals surface area contributed by atoms with E-state index in [2.05, 4.69) is 6.08 Å². The van der Waals surface area contributed by atoms with E-state index < -0.39 is 23.7 Å². The predicted octanol–water partition coefficient (Wildman–Crippen LogP) is 3.86. The number of allylic oxidation sites excluding steroid dienone is 2. The summed E-state index contributed by atoms with van der Waals surface area (Å²) in [5.41, 5.74) is 2.04. The van der Waals surface area contributed by atoms with Gasteiger partial charge in [-0.05, 0) is 45.7 Å². The molecule has 5 heteroatoms. The minimum Gasteiger partial charge on any atom is -0.480 e. The van der Waals surface area contributed by atoms with E-state index in [0.29, 0.717) is 12.1 Å². The van der Waals surface area contributed by atoms with Gasteiger partial charge in [0.1, 0.15) is 11.6 Å². The van der Waals surface area contributed by atoms with E-state index in [1.807, 2.05) is 31.2 Å². The lowest BCUT2D eigenvalue weighted by Crippen LogP contribution is -2.54. The number of aliphatic carboxylic acids is 1. The summed E-state index contributed by atoms with van der Waals surface area (Å²) < 4.78 is 5.50. The number of rotatable bonds is 1. The van der Waals surface area contributed by atoms with Gasteiger partial charge in [-0.3, -0.25) is 4.90 Å². The summed E-state index contributed by atoms with van der Waals surface area (Å²) in [5, 5.41) is 9.81. The largest absolute Gasteiger partial charge is 0.480 e. The molecular weight excluding hydrogens is 306 g/mol. The number of benzene rings is 1. The highest BCUT2D eigenvalue weighted by atomic mass is 16.6. The van der Waals surface area contributed by atoms with Crippen LogP contribution in [0, 0.1) is 12.8 Å². The Morgan fingerprint density at radius 1 is 1.29 bits per heavy atom. The Bertz CT molecular complexity index is 717. The third kappa shape index (κ3) is 2.79. The molecule has 1 aromatic rings. The lowest BCUT2D eigenvalue weighted by atomic mass is 9.78. The summed E-state index contributed by atoms with van der Waals surface area (Å²) in [6, 6.07) is 4.84. The van der Waals surface area contributed by atoms with E-state index in [-0.39, 0.29) is 11.8 Å². The molecule has 1 aliphatic carbocycles. The molecular formula is C19H23NO4. The average Bonchev–Trinajstić information content (AvgIpc) is 2.92. The van der Waals surface area contributed by atoms with Crippen molar-refractivity contribution in [2.45, 2.75) is 51.7 Å². The highest BCUT2D eigenvalue weighted by Gasteiger charge is 2.48. The van der Waals surface area contributed by atoms with E-state index in [9.17, 15) is 14.7 Å². The SMILES string of the molecule is Cc1ccc2c(c1)[C@H]1C=CC[C@H]1[C@@H](C(=O)O)N2C(=O)OC(C)(C)C. The molecule has 3 rings (SSSR count). The van der Waals surface area contributed by atoms with Gasteiger partial charge in [0.25, 0.3) is 0 Å². The van der Waals surface area contributed by atoms with Crippen LogP contribution >= 0.6 is 0 Å². The monoisotopic (exact) mass is 329 g/mol. The highest BCUT2D eigenvalue weighted by Crippen LogP contribution is 2.48. The van der Waals surface area contributed by atoms with Gasteiger partial charge < -0.3 is 9.84 Å².